The van der Waals surface area contributed by atoms with Crippen molar-refractivity contribution < 1.29 is 22.0 Å². The highest BCUT2D eigenvalue weighted by Crippen LogP contribution is 2.37. The van der Waals surface area contributed by atoms with E-state index in [0.717, 1.165) is 30.3 Å². The van der Waals surface area contributed by atoms with Gasteiger partial charge in [-0.2, -0.15) is 13.2 Å². The summed E-state index contributed by atoms with van der Waals surface area (Å²) in [6.45, 7) is 0. The van der Waals surface area contributed by atoms with E-state index in [1.54, 1.807) is 0 Å². The van der Waals surface area contributed by atoms with Crippen molar-refractivity contribution in [2.24, 2.45) is 0 Å². The van der Waals surface area contributed by atoms with Crippen LogP contribution in [-0.2, 0) is 6.18 Å². The fourth-order valence-corrected chi connectivity index (χ4v) is 1.67. The first-order valence-electron chi connectivity index (χ1n) is 5.01. The molecular weight excluding hydrogens is 251 g/mol. The second-order valence-electron chi connectivity index (χ2n) is 3.67. The normalized spacial score (nSPS) is 11.6. The fraction of sp³-hybridized carbons (Fsp3) is 0.0769. The molecule has 0 N–H and O–H groups in total. The first kappa shape index (κ1) is 12.5. The van der Waals surface area contributed by atoms with E-state index in [0.29, 0.717) is 0 Å². The Morgan fingerprint density at radius 2 is 1.44 bits per heavy atom. The number of benzene rings is 2. The number of rotatable bonds is 1. The van der Waals surface area contributed by atoms with E-state index < -0.39 is 28.9 Å². The first-order chi connectivity index (χ1) is 8.39. The van der Waals surface area contributed by atoms with Crippen LogP contribution in [0, 0.1) is 11.6 Å². The largest absolute Gasteiger partial charge is 0.417 e. The van der Waals surface area contributed by atoms with E-state index in [9.17, 15) is 22.0 Å². The number of hydrogen-bond acceptors (Lipinski definition) is 0. The molecule has 0 saturated carbocycles. The summed E-state index contributed by atoms with van der Waals surface area (Å²) in [6.07, 6.45) is -4.62. The minimum atomic E-state index is -4.62. The van der Waals surface area contributed by atoms with Gasteiger partial charge in [-0.1, -0.05) is 18.2 Å². The second-order valence-corrected chi connectivity index (χ2v) is 3.67. The zero-order chi connectivity index (χ0) is 13.3. The Bertz CT molecular complexity index is 572. The lowest BCUT2D eigenvalue weighted by atomic mass is 9.99. The molecule has 5 heteroatoms. The van der Waals surface area contributed by atoms with E-state index >= 15 is 0 Å². The van der Waals surface area contributed by atoms with Crippen molar-refractivity contribution >= 4 is 0 Å². The molecule has 0 aliphatic rings. The number of alkyl halides is 3. The molecule has 18 heavy (non-hydrogen) atoms. The van der Waals surface area contributed by atoms with Crippen LogP contribution in [0.5, 0.6) is 0 Å². The molecule has 94 valence electrons. The van der Waals surface area contributed by atoms with Gasteiger partial charge in [-0.05, 0) is 29.8 Å². The molecule has 2 aromatic rings. The summed E-state index contributed by atoms with van der Waals surface area (Å²) in [7, 11) is 0. The summed E-state index contributed by atoms with van der Waals surface area (Å²) in [6, 6.07) is 6.89. The van der Waals surface area contributed by atoms with Gasteiger partial charge in [0.25, 0.3) is 0 Å². The van der Waals surface area contributed by atoms with Crippen LogP contribution in [0.3, 0.4) is 0 Å². The third-order valence-electron chi connectivity index (χ3n) is 2.45. The minimum absolute atomic E-state index is 0.373. The van der Waals surface area contributed by atoms with Crippen LogP contribution < -0.4 is 0 Å². The maximum atomic E-state index is 13.5. The highest BCUT2D eigenvalue weighted by atomic mass is 19.4. The fourth-order valence-electron chi connectivity index (χ4n) is 1.67. The van der Waals surface area contributed by atoms with Crippen LogP contribution in [0.15, 0.2) is 42.5 Å². The van der Waals surface area contributed by atoms with Gasteiger partial charge in [0.05, 0.1) is 5.56 Å². The highest BCUT2D eigenvalue weighted by Gasteiger charge is 2.33. The molecule has 0 aliphatic heterocycles. The van der Waals surface area contributed by atoms with Crippen molar-refractivity contribution in [1.29, 1.82) is 0 Å². The van der Waals surface area contributed by atoms with Gasteiger partial charge >= 0.3 is 6.18 Å². The van der Waals surface area contributed by atoms with Crippen LogP contribution in [-0.4, -0.2) is 0 Å². The summed E-state index contributed by atoms with van der Waals surface area (Å²) in [5.41, 5.74) is -1.76. The number of hydrogen-bond donors (Lipinski definition) is 0. The monoisotopic (exact) mass is 258 g/mol. The average molecular weight is 258 g/mol. The molecule has 0 unspecified atom stereocenters. The Morgan fingerprint density at radius 3 is 2.11 bits per heavy atom. The van der Waals surface area contributed by atoms with E-state index in [2.05, 4.69) is 0 Å². The minimum Gasteiger partial charge on any atom is -0.207 e. The zero-order valence-electron chi connectivity index (χ0n) is 8.93. The van der Waals surface area contributed by atoms with Crippen LogP contribution >= 0.6 is 0 Å². The van der Waals surface area contributed by atoms with Crippen molar-refractivity contribution in [3.8, 4) is 11.1 Å². The third kappa shape index (κ3) is 2.34. The van der Waals surface area contributed by atoms with Gasteiger partial charge < -0.3 is 0 Å². The highest BCUT2D eigenvalue weighted by molar-refractivity contribution is 5.68. The Kier molecular flexibility index (Phi) is 3.07. The van der Waals surface area contributed by atoms with Gasteiger partial charge in [0.1, 0.15) is 11.6 Å². The van der Waals surface area contributed by atoms with Crippen molar-refractivity contribution in [3.63, 3.8) is 0 Å². The Hall–Kier alpha value is -1.91. The first-order valence-corrected chi connectivity index (χ1v) is 5.01. The molecule has 0 bridgehead atoms. The Morgan fingerprint density at radius 1 is 0.778 bits per heavy atom. The van der Waals surface area contributed by atoms with Crippen LogP contribution in [0.2, 0.25) is 0 Å². The quantitative estimate of drug-likeness (QED) is 0.653. The smallest absolute Gasteiger partial charge is 0.207 e. The molecular formula is C13H7F5. The third-order valence-corrected chi connectivity index (χ3v) is 2.45. The summed E-state index contributed by atoms with van der Waals surface area (Å²) in [5.74, 6) is -1.68. The molecule has 0 amide bonds. The summed E-state index contributed by atoms with van der Waals surface area (Å²) in [5, 5.41) is 0. The molecule has 0 radical (unpaired) electrons. The van der Waals surface area contributed by atoms with Gasteiger partial charge in [-0.3, -0.25) is 0 Å². The summed E-state index contributed by atoms with van der Waals surface area (Å²) >= 11 is 0. The SMILES string of the molecule is Fc1ccc(F)c(-c2ccccc2C(F)(F)F)c1. The second kappa shape index (κ2) is 4.40. The molecule has 0 spiro atoms. The van der Waals surface area contributed by atoms with E-state index in [-0.39, 0.29) is 5.56 Å². The standard InChI is InChI=1S/C13H7F5/c14-8-5-6-12(15)10(7-8)9-3-1-2-4-11(9)13(16,17)18/h1-7H. The predicted molar refractivity (Wildman–Crippen MR) is 56.8 cm³/mol. The average Bonchev–Trinajstić information content (AvgIpc) is 2.31. The molecule has 0 atom stereocenters. The molecule has 0 heterocycles. The van der Waals surface area contributed by atoms with Gasteiger partial charge in [0, 0.05) is 5.56 Å². The molecule has 0 aromatic heterocycles. The molecule has 2 aromatic carbocycles. The van der Waals surface area contributed by atoms with E-state index in [1.807, 2.05) is 0 Å². The lowest BCUT2D eigenvalue weighted by molar-refractivity contribution is -0.137. The zero-order valence-corrected chi connectivity index (χ0v) is 8.93. The predicted octanol–water partition coefficient (Wildman–Crippen LogP) is 4.65. The summed E-state index contributed by atoms with van der Waals surface area (Å²) < 4.78 is 64.8. The van der Waals surface area contributed by atoms with Gasteiger partial charge in [-0.15, -0.1) is 0 Å². The molecule has 0 fully saturated rings. The van der Waals surface area contributed by atoms with Crippen molar-refractivity contribution in [1.82, 2.24) is 0 Å². The van der Waals surface area contributed by atoms with Crippen LogP contribution in [0.1, 0.15) is 5.56 Å². The van der Waals surface area contributed by atoms with E-state index in [4.69, 9.17) is 0 Å². The van der Waals surface area contributed by atoms with Crippen LogP contribution in [0.25, 0.3) is 11.1 Å². The molecule has 2 rings (SSSR count). The van der Waals surface area contributed by atoms with Crippen molar-refractivity contribution in [2.75, 3.05) is 0 Å². The lowest BCUT2D eigenvalue weighted by Gasteiger charge is -2.13. The van der Waals surface area contributed by atoms with Crippen LogP contribution in [0.4, 0.5) is 22.0 Å². The maximum absolute atomic E-state index is 13.5. The van der Waals surface area contributed by atoms with Crippen molar-refractivity contribution in [2.45, 2.75) is 6.18 Å². The molecule has 0 aliphatic carbocycles. The maximum Gasteiger partial charge on any atom is 0.417 e. The molecule has 0 nitrogen and oxygen atoms in total. The molecule has 0 saturated heterocycles. The lowest BCUT2D eigenvalue weighted by Crippen LogP contribution is -2.07. The van der Waals surface area contributed by atoms with Gasteiger partial charge in [-0.25, -0.2) is 8.78 Å². The Balaban J connectivity index is 2.68. The Labute approximate surface area is 99.7 Å². The van der Waals surface area contributed by atoms with Gasteiger partial charge in [0.2, 0.25) is 0 Å². The van der Waals surface area contributed by atoms with E-state index in [1.165, 1.54) is 12.1 Å². The van der Waals surface area contributed by atoms with Crippen molar-refractivity contribution in [3.05, 3.63) is 59.7 Å². The number of halogens is 5. The topological polar surface area (TPSA) is 0 Å². The van der Waals surface area contributed by atoms with Gasteiger partial charge in [0.15, 0.2) is 0 Å². The summed E-state index contributed by atoms with van der Waals surface area (Å²) in [4.78, 5) is 0.